The molecule has 0 aliphatic rings. The van der Waals surface area contributed by atoms with E-state index in [1.54, 1.807) is 24.3 Å². The molecule has 0 saturated carbocycles. The van der Waals surface area contributed by atoms with Gasteiger partial charge in [-0.05, 0) is 49.6 Å². The minimum absolute atomic E-state index is 0.165. The largest absolute Gasteiger partial charge is 0.494 e. The summed E-state index contributed by atoms with van der Waals surface area (Å²) < 4.78 is 10.8. The molecule has 0 aromatic heterocycles. The van der Waals surface area contributed by atoms with Crippen molar-refractivity contribution in [3.63, 3.8) is 0 Å². The number of carbonyl (C=O) groups excluding carboxylic acids is 3. The first-order chi connectivity index (χ1) is 14.3. The molecule has 6 nitrogen and oxygen atoms in total. The van der Waals surface area contributed by atoms with E-state index in [1.165, 1.54) is 6.92 Å². The first kappa shape index (κ1) is 23.1. The Bertz CT molecular complexity index is 846. The van der Waals surface area contributed by atoms with Crippen molar-refractivity contribution >= 4 is 17.7 Å². The summed E-state index contributed by atoms with van der Waals surface area (Å²) in [6.45, 7) is 7.57. The number of nitrogens with one attached hydrogen (secondary N) is 1. The number of hydrogen-bond acceptors (Lipinski definition) is 5. The van der Waals surface area contributed by atoms with Gasteiger partial charge in [-0.2, -0.15) is 0 Å². The van der Waals surface area contributed by atoms with Gasteiger partial charge in [-0.25, -0.2) is 4.79 Å². The Morgan fingerprint density at radius 2 is 1.57 bits per heavy atom. The predicted molar refractivity (Wildman–Crippen MR) is 114 cm³/mol. The Kier molecular flexibility index (Phi) is 8.59. The van der Waals surface area contributed by atoms with Gasteiger partial charge >= 0.3 is 5.97 Å². The molecule has 0 saturated heterocycles. The lowest BCUT2D eigenvalue weighted by molar-refractivity contribution is -0.151. The van der Waals surface area contributed by atoms with Crippen LogP contribution in [0.15, 0.2) is 54.6 Å². The van der Waals surface area contributed by atoms with Crippen molar-refractivity contribution in [2.24, 2.45) is 5.92 Å². The van der Waals surface area contributed by atoms with E-state index in [-0.39, 0.29) is 24.0 Å². The van der Waals surface area contributed by atoms with Gasteiger partial charge in [0.25, 0.3) is 0 Å². The molecular weight excluding hydrogens is 382 g/mol. The fraction of sp³-hybridized carbons (Fsp3) is 0.375. The second kappa shape index (κ2) is 11.1. The molecule has 0 bridgehead atoms. The second-order valence-electron chi connectivity index (χ2n) is 7.35. The van der Waals surface area contributed by atoms with E-state index in [1.807, 2.05) is 51.1 Å². The van der Waals surface area contributed by atoms with Crippen molar-refractivity contribution < 1.29 is 23.9 Å². The number of ketones is 1. The summed E-state index contributed by atoms with van der Waals surface area (Å²) in [6, 6.07) is 15.1. The van der Waals surface area contributed by atoms with Crippen LogP contribution in [-0.4, -0.2) is 36.4 Å². The van der Waals surface area contributed by atoms with Crippen molar-refractivity contribution in [2.45, 2.75) is 46.3 Å². The molecule has 30 heavy (non-hydrogen) atoms. The van der Waals surface area contributed by atoms with Crippen molar-refractivity contribution in [1.82, 2.24) is 5.32 Å². The van der Waals surface area contributed by atoms with Crippen molar-refractivity contribution in [3.8, 4) is 5.75 Å². The summed E-state index contributed by atoms with van der Waals surface area (Å²) in [5, 5.41) is 2.73. The van der Waals surface area contributed by atoms with Crippen LogP contribution in [0.5, 0.6) is 5.75 Å². The average molecular weight is 411 g/mol. The van der Waals surface area contributed by atoms with Crippen LogP contribution in [0.4, 0.5) is 0 Å². The maximum absolute atomic E-state index is 12.6. The molecule has 6 heteroatoms. The molecule has 0 aliphatic carbocycles. The van der Waals surface area contributed by atoms with Crippen LogP contribution in [0.25, 0.3) is 0 Å². The molecule has 2 atom stereocenters. The SMILES string of the molecule is CCOc1ccc(C(=O)[C@H](C)OC(=O)[C@@H](NC(=O)Cc2ccccc2)C(C)C)cc1. The van der Waals surface area contributed by atoms with Gasteiger partial charge in [-0.3, -0.25) is 9.59 Å². The highest BCUT2D eigenvalue weighted by atomic mass is 16.5. The molecule has 1 N–H and O–H groups in total. The molecule has 0 radical (unpaired) electrons. The van der Waals surface area contributed by atoms with E-state index in [0.29, 0.717) is 17.9 Å². The third-order valence-corrected chi connectivity index (χ3v) is 4.56. The zero-order chi connectivity index (χ0) is 22.1. The zero-order valence-electron chi connectivity index (χ0n) is 17.9. The lowest BCUT2D eigenvalue weighted by atomic mass is 10.0. The molecule has 2 aromatic carbocycles. The van der Waals surface area contributed by atoms with E-state index in [9.17, 15) is 14.4 Å². The monoisotopic (exact) mass is 411 g/mol. The van der Waals surface area contributed by atoms with Gasteiger partial charge < -0.3 is 14.8 Å². The third-order valence-electron chi connectivity index (χ3n) is 4.56. The highest BCUT2D eigenvalue weighted by Crippen LogP contribution is 2.15. The summed E-state index contributed by atoms with van der Waals surface area (Å²) in [6.07, 6.45) is -0.805. The fourth-order valence-corrected chi connectivity index (χ4v) is 2.92. The van der Waals surface area contributed by atoms with E-state index in [4.69, 9.17) is 9.47 Å². The summed E-state index contributed by atoms with van der Waals surface area (Å²) in [5.74, 6) is -0.741. The summed E-state index contributed by atoms with van der Waals surface area (Å²) in [4.78, 5) is 37.6. The second-order valence-corrected chi connectivity index (χ2v) is 7.35. The van der Waals surface area contributed by atoms with E-state index >= 15 is 0 Å². The smallest absolute Gasteiger partial charge is 0.329 e. The van der Waals surface area contributed by atoms with Crippen LogP contribution in [-0.2, 0) is 20.7 Å². The molecule has 1 amide bonds. The van der Waals surface area contributed by atoms with Crippen LogP contribution < -0.4 is 10.1 Å². The normalized spacial score (nSPS) is 12.7. The highest BCUT2D eigenvalue weighted by Gasteiger charge is 2.29. The maximum atomic E-state index is 12.6. The molecule has 2 rings (SSSR count). The van der Waals surface area contributed by atoms with Gasteiger partial charge in [0.05, 0.1) is 13.0 Å². The van der Waals surface area contributed by atoms with Gasteiger partial charge in [0, 0.05) is 5.56 Å². The fourth-order valence-electron chi connectivity index (χ4n) is 2.92. The molecule has 0 heterocycles. The highest BCUT2D eigenvalue weighted by molar-refractivity contribution is 6.00. The van der Waals surface area contributed by atoms with Crippen molar-refractivity contribution in [1.29, 1.82) is 0 Å². The summed E-state index contributed by atoms with van der Waals surface area (Å²) in [5.41, 5.74) is 1.28. The molecule has 160 valence electrons. The van der Waals surface area contributed by atoms with Gasteiger partial charge in [-0.15, -0.1) is 0 Å². The van der Waals surface area contributed by atoms with E-state index < -0.39 is 18.1 Å². The Balaban J connectivity index is 1.97. The average Bonchev–Trinajstić information content (AvgIpc) is 2.72. The molecular formula is C24H29NO5. The van der Waals surface area contributed by atoms with E-state index in [2.05, 4.69) is 5.32 Å². The zero-order valence-corrected chi connectivity index (χ0v) is 17.9. The minimum Gasteiger partial charge on any atom is -0.494 e. The number of rotatable bonds is 10. The number of Topliss-reactive ketones (excluding diaryl/α,β-unsaturated/α-hetero) is 1. The molecule has 0 spiro atoms. The number of carbonyl (C=O) groups is 3. The Morgan fingerprint density at radius 1 is 0.933 bits per heavy atom. The van der Waals surface area contributed by atoms with Crippen LogP contribution in [0.1, 0.15) is 43.6 Å². The van der Waals surface area contributed by atoms with E-state index in [0.717, 1.165) is 5.56 Å². The number of hydrogen-bond donors (Lipinski definition) is 1. The maximum Gasteiger partial charge on any atom is 0.329 e. The van der Waals surface area contributed by atoms with Crippen LogP contribution in [0, 0.1) is 5.92 Å². The Morgan fingerprint density at radius 3 is 2.13 bits per heavy atom. The van der Waals surface area contributed by atoms with Gasteiger partial charge in [0.15, 0.2) is 6.10 Å². The third kappa shape index (κ3) is 6.72. The predicted octanol–water partition coefficient (Wildman–Crippen LogP) is 3.58. The quantitative estimate of drug-likeness (QED) is 0.477. The van der Waals surface area contributed by atoms with Gasteiger partial charge in [0.1, 0.15) is 11.8 Å². The lowest BCUT2D eigenvalue weighted by Gasteiger charge is -2.23. The Labute approximate surface area is 177 Å². The molecule has 0 aliphatic heterocycles. The van der Waals surface area contributed by atoms with Crippen LogP contribution in [0.2, 0.25) is 0 Å². The minimum atomic E-state index is -0.970. The summed E-state index contributed by atoms with van der Waals surface area (Å²) in [7, 11) is 0. The topological polar surface area (TPSA) is 81.7 Å². The molecule has 0 fully saturated rings. The van der Waals surface area contributed by atoms with Crippen molar-refractivity contribution in [3.05, 3.63) is 65.7 Å². The van der Waals surface area contributed by atoms with Crippen molar-refractivity contribution in [2.75, 3.05) is 6.61 Å². The number of esters is 1. The lowest BCUT2D eigenvalue weighted by Crippen LogP contribution is -2.47. The first-order valence-electron chi connectivity index (χ1n) is 10.1. The number of amides is 1. The van der Waals surface area contributed by atoms with Gasteiger partial charge in [0.2, 0.25) is 11.7 Å². The standard InChI is InChI=1S/C24H29NO5/c1-5-29-20-13-11-19(12-14-20)23(27)17(4)30-24(28)22(16(2)3)25-21(26)15-18-9-7-6-8-10-18/h6-14,16-17,22H,5,15H2,1-4H3,(H,25,26)/t17-,22-/m0/s1. The number of benzene rings is 2. The van der Waals surface area contributed by atoms with Crippen LogP contribution in [0.3, 0.4) is 0 Å². The first-order valence-corrected chi connectivity index (χ1v) is 10.1. The van der Waals surface area contributed by atoms with Gasteiger partial charge in [-0.1, -0.05) is 44.2 Å². The van der Waals surface area contributed by atoms with Crippen LogP contribution >= 0.6 is 0 Å². The number of ether oxygens (including phenoxy) is 2. The molecule has 0 unspecified atom stereocenters. The Hall–Kier alpha value is -3.15. The molecule has 2 aromatic rings. The summed E-state index contributed by atoms with van der Waals surface area (Å²) >= 11 is 0.